The molecule has 1 heterocycles. The first-order valence-electron chi connectivity index (χ1n) is 5.49. The van der Waals surface area contributed by atoms with Crippen molar-refractivity contribution in [2.75, 3.05) is 31.7 Å². The smallest absolute Gasteiger partial charge is 0.147 e. The molecular weight excluding hydrogens is 214 g/mol. The summed E-state index contributed by atoms with van der Waals surface area (Å²) in [6.45, 7) is 4.66. The number of hydrogen-bond donors (Lipinski definition) is 1. The molecule has 2 atom stereocenters. The molecule has 15 heavy (non-hydrogen) atoms. The van der Waals surface area contributed by atoms with Crippen LogP contribution in [0.15, 0.2) is 0 Å². The summed E-state index contributed by atoms with van der Waals surface area (Å²) in [5.41, 5.74) is 0. The lowest BCUT2D eigenvalue weighted by Crippen LogP contribution is -2.28. The second-order valence-electron chi connectivity index (χ2n) is 4.31. The largest absolute Gasteiger partial charge is 0.378 e. The molecule has 2 unspecified atom stereocenters. The molecule has 0 aromatic heterocycles. The quantitative estimate of drug-likeness (QED) is 0.679. The van der Waals surface area contributed by atoms with Gasteiger partial charge in [0.25, 0.3) is 0 Å². The second-order valence-corrected chi connectivity index (χ2v) is 6.57. The molecule has 0 saturated carbocycles. The zero-order valence-electron chi connectivity index (χ0n) is 9.53. The van der Waals surface area contributed by atoms with Gasteiger partial charge in [0.15, 0.2) is 0 Å². The van der Waals surface area contributed by atoms with E-state index in [-0.39, 0.29) is 5.75 Å². The molecular formula is C10H21NO3S. The molecule has 0 aromatic rings. The van der Waals surface area contributed by atoms with E-state index in [1.54, 1.807) is 0 Å². The minimum atomic E-state index is -2.80. The standard InChI is InChI=1S/C10H21NO3S/c1-9-10(4-6-14-9)8-11-5-3-7-15(2,12)13/h9-11H,3-8H2,1-2H3. The molecule has 0 radical (unpaired) electrons. The second kappa shape index (κ2) is 5.82. The Morgan fingerprint density at radius 1 is 1.47 bits per heavy atom. The van der Waals surface area contributed by atoms with E-state index in [9.17, 15) is 8.42 Å². The highest BCUT2D eigenvalue weighted by Gasteiger charge is 2.23. The molecule has 0 bridgehead atoms. The average molecular weight is 235 g/mol. The van der Waals surface area contributed by atoms with Crippen molar-refractivity contribution in [3.8, 4) is 0 Å². The third-order valence-electron chi connectivity index (χ3n) is 2.81. The van der Waals surface area contributed by atoms with Crippen molar-refractivity contribution in [1.82, 2.24) is 5.32 Å². The molecule has 0 aliphatic carbocycles. The Bertz CT molecular complexity index is 276. The van der Waals surface area contributed by atoms with Gasteiger partial charge in [0.05, 0.1) is 11.9 Å². The highest BCUT2D eigenvalue weighted by atomic mass is 32.2. The van der Waals surface area contributed by atoms with Crippen LogP contribution in [0.2, 0.25) is 0 Å². The lowest BCUT2D eigenvalue weighted by molar-refractivity contribution is 0.105. The van der Waals surface area contributed by atoms with E-state index in [2.05, 4.69) is 12.2 Å². The third kappa shape index (κ3) is 5.49. The van der Waals surface area contributed by atoms with E-state index in [0.717, 1.165) is 26.1 Å². The van der Waals surface area contributed by atoms with Gasteiger partial charge in [0.2, 0.25) is 0 Å². The van der Waals surface area contributed by atoms with Crippen LogP contribution in [0.25, 0.3) is 0 Å². The number of rotatable bonds is 6. The van der Waals surface area contributed by atoms with Gasteiger partial charge in [0.1, 0.15) is 9.84 Å². The van der Waals surface area contributed by atoms with Gasteiger partial charge in [-0.3, -0.25) is 0 Å². The predicted octanol–water partition coefficient (Wildman–Crippen LogP) is 0.436. The monoisotopic (exact) mass is 235 g/mol. The van der Waals surface area contributed by atoms with Crippen LogP contribution < -0.4 is 5.32 Å². The summed E-state index contributed by atoms with van der Waals surface area (Å²) in [5, 5.41) is 3.29. The normalized spacial score (nSPS) is 27.1. The van der Waals surface area contributed by atoms with Crippen LogP contribution in [0.4, 0.5) is 0 Å². The van der Waals surface area contributed by atoms with E-state index >= 15 is 0 Å². The Morgan fingerprint density at radius 2 is 2.20 bits per heavy atom. The Labute approximate surface area is 92.3 Å². The maximum absolute atomic E-state index is 10.9. The Morgan fingerprint density at radius 3 is 2.73 bits per heavy atom. The first kappa shape index (κ1) is 12.9. The summed E-state index contributed by atoms with van der Waals surface area (Å²) in [6.07, 6.45) is 3.42. The SMILES string of the molecule is CC1OCCC1CNCCCS(C)(=O)=O. The topological polar surface area (TPSA) is 55.4 Å². The summed E-state index contributed by atoms with van der Waals surface area (Å²) >= 11 is 0. The van der Waals surface area contributed by atoms with Crippen molar-refractivity contribution >= 4 is 9.84 Å². The highest BCUT2D eigenvalue weighted by molar-refractivity contribution is 7.90. The van der Waals surface area contributed by atoms with Crippen molar-refractivity contribution in [1.29, 1.82) is 0 Å². The minimum absolute atomic E-state index is 0.275. The van der Waals surface area contributed by atoms with Gasteiger partial charge in [-0.1, -0.05) is 0 Å². The Hall–Kier alpha value is -0.130. The number of nitrogens with one attached hydrogen (secondary N) is 1. The molecule has 1 N–H and O–H groups in total. The molecule has 4 nitrogen and oxygen atoms in total. The minimum Gasteiger partial charge on any atom is -0.378 e. The van der Waals surface area contributed by atoms with Crippen LogP contribution in [0.3, 0.4) is 0 Å². The molecule has 1 aliphatic rings. The molecule has 90 valence electrons. The molecule has 0 amide bonds. The summed E-state index contributed by atoms with van der Waals surface area (Å²) in [4.78, 5) is 0. The molecule has 5 heteroatoms. The van der Waals surface area contributed by atoms with Crippen molar-refractivity contribution in [3.63, 3.8) is 0 Å². The highest BCUT2D eigenvalue weighted by Crippen LogP contribution is 2.19. The number of hydrogen-bond acceptors (Lipinski definition) is 4. The lowest BCUT2D eigenvalue weighted by Gasteiger charge is -2.14. The van der Waals surface area contributed by atoms with Gasteiger partial charge in [-0.15, -0.1) is 0 Å². The fourth-order valence-electron chi connectivity index (χ4n) is 1.79. The summed E-state index contributed by atoms with van der Waals surface area (Å²) < 4.78 is 27.2. The van der Waals surface area contributed by atoms with Crippen LogP contribution in [-0.4, -0.2) is 46.2 Å². The first-order valence-corrected chi connectivity index (χ1v) is 7.55. The van der Waals surface area contributed by atoms with Crippen LogP contribution in [0.5, 0.6) is 0 Å². The van der Waals surface area contributed by atoms with Gasteiger partial charge in [0, 0.05) is 19.4 Å². The third-order valence-corrected chi connectivity index (χ3v) is 3.84. The summed E-state index contributed by atoms with van der Waals surface area (Å²) in [6, 6.07) is 0. The molecule has 1 fully saturated rings. The van der Waals surface area contributed by atoms with E-state index in [4.69, 9.17) is 4.74 Å². The molecule has 1 saturated heterocycles. The zero-order chi connectivity index (χ0) is 11.3. The summed E-state index contributed by atoms with van der Waals surface area (Å²) in [7, 11) is -2.80. The molecule has 1 aliphatic heterocycles. The van der Waals surface area contributed by atoms with E-state index in [1.165, 1.54) is 6.26 Å². The van der Waals surface area contributed by atoms with Crippen LogP contribution in [0.1, 0.15) is 19.8 Å². The zero-order valence-corrected chi connectivity index (χ0v) is 10.3. The van der Waals surface area contributed by atoms with Crippen LogP contribution >= 0.6 is 0 Å². The molecule has 1 rings (SSSR count). The van der Waals surface area contributed by atoms with Gasteiger partial charge in [-0.05, 0) is 32.2 Å². The van der Waals surface area contributed by atoms with Crippen LogP contribution in [0, 0.1) is 5.92 Å². The van der Waals surface area contributed by atoms with Gasteiger partial charge < -0.3 is 10.1 Å². The lowest BCUT2D eigenvalue weighted by atomic mass is 10.0. The number of sulfone groups is 1. The Kier molecular flexibility index (Phi) is 5.02. The predicted molar refractivity (Wildman–Crippen MR) is 60.7 cm³/mol. The fraction of sp³-hybridized carbons (Fsp3) is 1.00. The van der Waals surface area contributed by atoms with Crippen LogP contribution in [-0.2, 0) is 14.6 Å². The van der Waals surface area contributed by atoms with Gasteiger partial charge >= 0.3 is 0 Å². The average Bonchev–Trinajstić information content (AvgIpc) is 2.49. The van der Waals surface area contributed by atoms with Gasteiger partial charge in [-0.25, -0.2) is 8.42 Å². The van der Waals surface area contributed by atoms with Crippen molar-refractivity contribution in [2.45, 2.75) is 25.9 Å². The van der Waals surface area contributed by atoms with Crippen molar-refractivity contribution < 1.29 is 13.2 Å². The Balaban J connectivity index is 2.02. The van der Waals surface area contributed by atoms with Crippen molar-refractivity contribution in [2.24, 2.45) is 5.92 Å². The van der Waals surface area contributed by atoms with E-state index < -0.39 is 9.84 Å². The molecule has 0 spiro atoms. The maximum Gasteiger partial charge on any atom is 0.147 e. The molecule has 0 aromatic carbocycles. The van der Waals surface area contributed by atoms with Crippen molar-refractivity contribution in [3.05, 3.63) is 0 Å². The maximum atomic E-state index is 10.9. The van der Waals surface area contributed by atoms with E-state index in [1.807, 2.05) is 0 Å². The number of ether oxygens (including phenoxy) is 1. The van der Waals surface area contributed by atoms with E-state index in [0.29, 0.717) is 18.4 Å². The fourth-order valence-corrected chi connectivity index (χ4v) is 2.46. The first-order chi connectivity index (χ1) is 6.99. The van der Waals surface area contributed by atoms with Gasteiger partial charge in [-0.2, -0.15) is 0 Å². The summed E-state index contributed by atoms with van der Waals surface area (Å²) in [5.74, 6) is 0.861.